The highest BCUT2D eigenvalue weighted by molar-refractivity contribution is 6.42. The van der Waals surface area contributed by atoms with Crippen LogP contribution < -0.4 is 11.3 Å². The van der Waals surface area contributed by atoms with Crippen molar-refractivity contribution in [2.75, 3.05) is 0 Å². The Hall–Kier alpha value is -1.06. The molecule has 106 valence electrons. The third kappa shape index (κ3) is 3.97. The lowest BCUT2D eigenvalue weighted by atomic mass is 9.99. The molecule has 3 N–H and O–H groups in total. The summed E-state index contributed by atoms with van der Waals surface area (Å²) >= 11 is 12.3. The number of hydrazine groups is 1. The molecule has 0 saturated carbocycles. The van der Waals surface area contributed by atoms with E-state index in [0.717, 1.165) is 24.8 Å². The van der Waals surface area contributed by atoms with Crippen LogP contribution in [0, 0.1) is 0 Å². The highest BCUT2D eigenvalue weighted by Gasteiger charge is 2.14. The zero-order chi connectivity index (χ0) is 14.4. The normalized spacial score (nSPS) is 12.3. The molecular weight excluding hydrogens is 291 g/mol. The minimum Gasteiger partial charge on any atom is -0.271 e. The summed E-state index contributed by atoms with van der Waals surface area (Å²) in [7, 11) is 0. The van der Waals surface area contributed by atoms with Gasteiger partial charge in [-0.25, -0.2) is 0 Å². The van der Waals surface area contributed by atoms with Gasteiger partial charge in [0.1, 0.15) is 0 Å². The van der Waals surface area contributed by atoms with Crippen LogP contribution in [0.4, 0.5) is 0 Å². The molecule has 0 spiro atoms. The molecule has 1 atom stereocenters. The Morgan fingerprint density at radius 2 is 1.75 bits per heavy atom. The molecule has 0 aliphatic heterocycles. The first-order valence-corrected chi connectivity index (χ1v) is 7.42. The number of hydrogen-bond donors (Lipinski definition) is 2. The summed E-state index contributed by atoms with van der Waals surface area (Å²) < 4.78 is 0. The number of nitrogens with one attached hydrogen (secondary N) is 1. The first-order chi connectivity index (χ1) is 9.72. The predicted molar refractivity (Wildman–Crippen MR) is 85.9 cm³/mol. The van der Waals surface area contributed by atoms with Crippen LogP contribution in [0.25, 0.3) is 0 Å². The van der Waals surface area contributed by atoms with E-state index in [0.29, 0.717) is 10.0 Å². The highest BCUT2D eigenvalue weighted by atomic mass is 35.5. The van der Waals surface area contributed by atoms with Gasteiger partial charge >= 0.3 is 0 Å². The average molecular weight is 309 g/mol. The number of nitrogens with two attached hydrogens (primary N) is 1. The number of rotatable bonds is 6. The van der Waals surface area contributed by atoms with Crippen molar-refractivity contribution < 1.29 is 0 Å². The Bertz CT molecular complexity index is 543. The molecule has 0 aromatic heterocycles. The van der Waals surface area contributed by atoms with Crippen LogP contribution in [0.3, 0.4) is 0 Å². The molecule has 0 saturated heterocycles. The molecule has 0 amide bonds. The summed E-state index contributed by atoms with van der Waals surface area (Å²) in [5, 5.41) is 1.14. The van der Waals surface area contributed by atoms with Gasteiger partial charge in [-0.1, -0.05) is 65.7 Å². The van der Waals surface area contributed by atoms with Gasteiger partial charge in [-0.3, -0.25) is 11.3 Å². The monoisotopic (exact) mass is 308 g/mol. The third-order valence-electron chi connectivity index (χ3n) is 3.36. The van der Waals surface area contributed by atoms with E-state index in [1.165, 1.54) is 5.56 Å². The predicted octanol–water partition coefficient (Wildman–Crippen LogP) is 4.52. The smallest absolute Gasteiger partial charge is 0.0640 e. The minimum atomic E-state index is 0.0184. The fraction of sp³-hybridized carbons (Fsp3) is 0.250. The maximum Gasteiger partial charge on any atom is 0.0640 e. The first kappa shape index (κ1) is 15.3. The molecule has 4 heteroatoms. The molecule has 0 aliphatic carbocycles. The molecule has 2 nitrogen and oxygen atoms in total. The average Bonchev–Trinajstić information content (AvgIpc) is 2.48. The van der Waals surface area contributed by atoms with Gasteiger partial charge in [0.15, 0.2) is 0 Å². The van der Waals surface area contributed by atoms with E-state index in [9.17, 15) is 0 Å². The third-order valence-corrected chi connectivity index (χ3v) is 4.19. The molecule has 1 unspecified atom stereocenters. The fourth-order valence-corrected chi connectivity index (χ4v) is 2.71. The van der Waals surface area contributed by atoms with Gasteiger partial charge < -0.3 is 0 Å². The van der Waals surface area contributed by atoms with Crippen molar-refractivity contribution in [2.45, 2.75) is 25.3 Å². The van der Waals surface area contributed by atoms with Crippen molar-refractivity contribution in [2.24, 2.45) is 5.84 Å². The Kier molecular flexibility index (Phi) is 5.86. The maximum atomic E-state index is 6.24. The number of benzene rings is 2. The molecule has 0 aliphatic rings. The van der Waals surface area contributed by atoms with Gasteiger partial charge in [0, 0.05) is 6.04 Å². The standard InChI is InChI=1S/C16H18Cl2N2/c17-14-10-5-9-13(16(14)18)15(20-19)11-4-8-12-6-2-1-3-7-12/h1-3,5-7,9-10,15,20H,4,8,11,19H2. The van der Waals surface area contributed by atoms with Crippen LogP contribution in [0.5, 0.6) is 0 Å². The number of hydrogen-bond acceptors (Lipinski definition) is 2. The van der Waals surface area contributed by atoms with Gasteiger partial charge in [0.2, 0.25) is 0 Å². The van der Waals surface area contributed by atoms with Crippen molar-refractivity contribution in [3.63, 3.8) is 0 Å². The molecule has 20 heavy (non-hydrogen) atoms. The molecule has 2 aromatic rings. The lowest BCUT2D eigenvalue weighted by molar-refractivity contribution is 0.499. The minimum absolute atomic E-state index is 0.0184. The molecule has 0 radical (unpaired) electrons. The van der Waals surface area contributed by atoms with E-state index in [-0.39, 0.29) is 6.04 Å². The van der Waals surface area contributed by atoms with Crippen LogP contribution in [0.2, 0.25) is 10.0 Å². The van der Waals surface area contributed by atoms with Crippen molar-refractivity contribution in [3.8, 4) is 0 Å². The quantitative estimate of drug-likeness (QED) is 0.608. The van der Waals surface area contributed by atoms with Crippen molar-refractivity contribution in [1.82, 2.24) is 5.43 Å². The summed E-state index contributed by atoms with van der Waals surface area (Å²) in [4.78, 5) is 0. The molecule has 0 fully saturated rings. The topological polar surface area (TPSA) is 38.0 Å². The first-order valence-electron chi connectivity index (χ1n) is 6.66. The molecule has 0 heterocycles. The van der Waals surface area contributed by atoms with Crippen LogP contribution in [-0.4, -0.2) is 0 Å². The molecule has 0 bridgehead atoms. The van der Waals surface area contributed by atoms with E-state index in [2.05, 4.69) is 29.7 Å². The molecule has 2 aromatic carbocycles. The summed E-state index contributed by atoms with van der Waals surface area (Å²) in [5.41, 5.74) is 5.12. The Labute approximate surface area is 129 Å². The van der Waals surface area contributed by atoms with E-state index in [1.54, 1.807) is 6.07 Å². The van der Waals surface area contributed by atoms with E-state index < -0.39 is 0 Å². The summed E-state index contributed by atoms with van der Waals surface area (Å²) in [6, 6.07) is 16.1. The van der Waals surface area contributed by atoms with Crippen LogP contribution in [0.15, 0.2) is 48.5 Å². The van der Waals surface area contributed by atoms with Crippen molar-refractivity contribution in [3.05, 3.63) is 69.7 Å². The largest absolute Gasteiger partial charge is 0.271 e. The Morgan fingerprint density at radius 3 is 2.45 bits per heavy atom. The van der Waals surface area contributed by atoms with Crippen molar-refractivity contribution in [1.29, 1.82) is 0 Å². The van der Waals surface area contributed by atoms with Crippen molar-refractivity contribution >= 4 is 23.2 Å². The second kappa shape index (κ2) is 7.65. The number of halogens is 2. The maximum absolute atomic E-state index is 6.24. The lowest BCUT2D eigenvalue weighted by Gasteiger charge is -2.18. The summed E-state index contributed by atoms with van der Waals surface area (Å²) in [6.07, 6.45) is 2.96. The summed E-state index contributed by atoms with van der Waals surface area (Å²) in [5.74, 6) is 5.65. The Morgan fingerprint density at radius 1 is 1.00 bits per heavy atom. The zero-order valence-corrected chi connectivity index (χ0v) is 12.7. The molecular formula is C16H18Cl2N2. The van der Waals surface area contributed by atoms with E-state index in [4.69, 9.17) is 29.0 Å². The fourth-order valence-electron chi connectivity index (χ4n) is 2.27. The SMILES string of the molecule is NNC(CCCc1ccccc1)c1cccc(Cl)c1Cl. The second-order valence-electron chi connectivity index (χ2n) is 4.74. The number of aryl methyl sites for hydroxylation is 1. The van der Waals surface area contributed by atoms with Crippen LogP contribution in [-0.2, 0) is 6.42 Å². The van der Waals surface area contributed by atoms with Crippen LogP contribution in [0.1, 0.15) is 30.0 Å². The van der Waals surface area contributed by atoms with E-state index >= 15 is 0 Å². The van der Waals surface area contributed by atoms with Gasteiger partial charge in [0.25, 0.3) is 0 Å². The van der Waals surface area contributed by atoms with E-state index in [1.807, 2.05) is 18.2 Å². The van der Waals surface area contributed by atoms with Gasteiger partial charge in [0.05, 0.1) is 10.0 Å². The van der Waals surface area contributed by atoms with Gasteiger partial charge in [-0.2, -0.15) is 0 Å². The highest BCUT2D eigenvalue weighted by Crippen LogP contribution is 2.31. The second-order valence-corrected chi connectivity index (χ2v) is 5.53. The van der Waals surface area contributed by atoms with Gasteiger partial charge in [-0.15, -0.1) is 0 Å². The van der Waals surface area contributed by atoms with Crippen LogP contribution >= 0.6 is 23.2 Å². The zero-order valence-electron chi connectivity index (χ0n) is 11.2. The summed E-state index contributed by atoms with van der Waals surface area (Å²) in [6.45, 7) is 0. The van der Waals surface area contributed by atoms with Gasteiger partial charge in [-0.05, 0) is 36.5 Å². The lowest BCUT2D eigenvalue weighted by Crippen LogP contribution is -2.28. The Balaban J connectivity index is 1.97. The molecule has 2 rings (SSSR count).